The van der Waals surface area contributed by atoms with E-state index in [0.717, 1.165) is 20.5 Å². The molecule has 1 N–H and O–H groups in total. The van der Waals surface area contributed by atoms with Gasteiger partial charge in [0.25, 0.3) is 0 Å². The van der Waals surface area contributed by atoms with Crippen molar-refractivity contribution in [3.05, 3.63) is 65.2 Å². The fourth-order valence-corrected chi connectivity index (χ4v) is 7.14. The lowest BCUT2D eigenvalue weighted by molar-refractivity contribution is -0.119. The number of nitrogens with one attached hydrogen (secondary N) is 1. The minimum absolute atomic E-state index is 0.213. The monoisotopic (exact) mass is 473 g/mol. The molecule has 1 atom stereocenters. The van der Waals surface area contributed by atoms with E-state index in [1.165, 1.54) is 4.31 Å². The number of carbonyl (C=O) groups is 1. The van der Waals surface area contributed by atoms with Gasteiger partial charge in [0.05, 0.1) is 4.90 Å². The molecule has 162 valence electrons. The average Bonchev–Trinajstić information content (AvgIpc) is 3.40. The lowest BCUT2D eigenvalue weighted by atomic mass is 10.1. The molecule has 1 saturated heterocycles. The summed E-state index contributed by atoms with van der Waals surface area (Å²) in [6, 6.07) is 13.4. The Balaban J connectivity index is 1.48. The van der Waals surface area contributed by atoms with Crippen LogP contribution in [0.4, 0.5) is 5.69 Å². The first-order chi connectivity index (χ1) is 14.8. The van der Waals surface area contributed by atoms with Crippen molar-refractivity contribution < 1.29 is 13.2 Å². The van der Waals surface area contributed by atoms with Gasteiger partial charge < -0.3 is 5.32 Å². The Bertz CT molecular complexity index is 1190. The minimum Gasteiger partial charge on any atom is -0.324 e. The van der Waals surface area contributed by atoms with E-state index in [1.807, 2.05) is 37.4 Å². The largest absolute Gasteiger partial charge is 0.324 e. The van der Waals surface area contributed by atoms with E-state index in [2.05, 4.69) is 10.3 Å². The lowest BCUT2D eigenvalue weighted by Crippen LogP contribution is -2.43. The van der Waals surface area contributed by atoms with Crippen molar-refractivity contribution >= 4 is 44.7 Å². The normalized spacial score (nSPS) is 17.0. The average molecular weight is 474 g/mol. The number of amides is 1. The second-order valence-electron chi connectivity index (χ2n) is 7.41. The molecule has 6 nitrogen and oxygen atoms in total. The minimum atomic E-state index is -3.71. The van der Waals surface area contributed by atoms with E-state index in [9.17, 15) is 13.2 Å². The van der Waals surface area contributed by atoms with Crippen LogP contribution in [0.2, 0.25) is 0 Å². The molecular weight excluding hydrogens is 450 g/mol. The van der Waals surface area contributed by atoms with Gasteiger partial charge in [0.2, 0.25) is 15.9 Å². The molecule has 3 aromatic rings. The number of thiazole rings is 1. The van der Waals surface area contributed by atoms with Gasteiger partial charge in [0, 0.05) is 28.2 Å². The van der Waals surface area contributed by atoms with Gasteiger partial charge in [0.15, 0.2) is 4.34 Å². The van der Waals surface area contributed by atoms with Gasteiger partial charge in [-0.25, -0.2) is 13.4 Å². The Kier molecular flexibility index (Phi) is 6.47. The highest BCUT2D eigenvalue weighted by Crippen LogP contribution is 2.33. The van der Waals surface area contributed by atoms with Gasteiger partial charge in [-0.05, 0) is 62.6 Å². The van der Waals surface area contributed by atoms with Crippen molar-refractivity contribution in [2.75, 3.05) is 11.9 Å². The Labute approximate surface area is 190 Å². The molecule has 4 rings (SSSR count). The van der Waals surface area contributed by atoms with Crippen molar-refractivity contribution in [3.63, 3.8) is 0 Å². The third kappa shape index (κ3) is 4.85. The van der Waals surface area contributed by atoms with Crippen molar-refractivity contribution in [1.29, 1.82) is 0 Å². The summed E-state index contributed by atoms with van der Waals surface area (Å²) in [4.78, 5) is 18.7. The highest BCUT2D eigenvalue weighted by molar-refractivity contribution is 8.01. The van der Waals surface area contributed by atoms with Crippen LogP contribution >= 0.6 is 23.1 Å². The molecule has 0 radical (unpaired) electrons. The van der Waals surface area contributed by atoms with Crippen LogP contribution in [0.3, 0.4) is 0 Å². The number of benzene rings is 2. The van der Waals surface area contributed by atoms with Crippen LogP contribution in [0.5, 0.6) is 0 Å². The Morgan fingerprint density at radius 2 is 1.97 bits per heavy atom. The summed E-state index contributed by atoms with van der Waals surface area (Å²) >= 11 is 3.19. The summed E-state index contributed by atoms with van der Waals surface area (Å²) in [5.41, 5.74) is 2.61. The molecule has 0 aliphatic carbocycles. The summed E-state index contributed by atoms with van der Waals surface area (Å²) < 4.78 is 28.3. The molecule has 0 saturated carbocycles. The summed E-state index contributed by atoms with van der Waals surface area (Å²) in [6.45, 7) is 4.24. The maximum atomic E-state index is 13.0. The number of nitrogens with zero attached hydrogens (tertiary/aromatic N) is 2. The fraction of sp³-hybridized carbons (Fsp3) is 0.273. The number of aryl methyl sites for hydroxylation is 2. The topological polar surface area (TPSA) is 79.4 Å². The molecule has 1 amide bonds. The van der Waals surface area contributed by atoms with E-state index < -0.39 is 16.1 Å². The predicted molar refractivity (Wildman–Crippen MR) is 124 cm³/mol. The molecule has 1 aliphatic rings. The first-order valence-corrected chi connectivity index (χ1v) is 13.1. The number of sulfonamides is 1. The Hall–Kier alpha value is -2.20. The zero-order valence-electron chi connectivity index (χ0n) is 17.2. The summed E-state index contributed by atoms with van der Waals surface area (Å²) in [6.07, 6.45) is 1.17. The van der Waals surface area contributed by atoms with Crippen LogP contribution in [-0.2, 0) is 14.8 Å². The second kappa shape index (κ2) is 9.12. The SMILES string of the molecule is Cc1csc(Sc2ccc(NC(=O)C3CCCN3S(=O)(=O)c3ccccc3)c(C)c2)n1. The molecule has 1 aromatic heterocycles. The predicted octanol–water partition coefficient (Wildman–Crippen LogP) is 4.70. The fourth-order valence-electron chi connectivity index (χ4n) is 3.55. The molecular formula is C22H23N3O3S3. The zero-order chi connectivity index (χ0) is 22.0. The maximum absolute atomic E-state index is 13.0. The quantitative estimate of drug-likeness (QED) is 0.561. The van der Waals surface area contributed by atoms with Crippen LogP contribution in [0.25, 0.3) is 0 Å². The van der Waals surface area contributed by atoms with Crippen LogP contribution in [0.15, 0.2) is 68.0 Å². The summed E-state index contributed by atoms with van der Waals surface area (Å²) in [7, 11) is -3.71. The third-order valence-electron chi connectivity index (χ3n) is 5.11. The van der Waals surface area contributed by atoms with E-state index in [0.29, 0.717) is 25.1 Å². The summed E-state index contributed by atoms with van der Waals surface area (Å²) in [5.74, 6) is -0.295. The standard InChI is InChI=1S/C22H23N3O3S3/c1-15-13-17(30-22-23-16(2)14-29-22)10-11-19(15)24-21(26)20-9-6-12-25(20)31(27,28)18-7-4-3-5-8-18/h3-5,7-8,10-11,13-14,20H,6,9,12H2,1-2H3,(H,24,26). The van der Waals surface area contributed by atoms with Crippen molar-refractivity contribution in [1.82, 2.24) is 9.29 Å². The van der Waals surface area contributed by atoms with Gasteiger partial charge >= 0.3 is 0 Å². The molecule has 0 spiro atoms. The van der Waals surface area contributed by atoms with Gasteiger partial charge in [-0.2, -0.15) is 4.31 Å². The number of hydrogen-bond acceptors (Lipinski definition) is 6. The molecule has 0 bridgehead atoms. The molecule has 1 unspecified atom stereocenters. The van der Waals surface area contributed by atoms with Crippen LogP contribution < -0.4 is 5.32 Å². The first-order valence-electron chi connectivity index (χ1n) is 9.93. The second-order valence-corrected chi connectivity index (χ2v) is 11.5. The highest BCUT2D eigenvalue weighted by Gasteiger charge is 2.39. The third-order valence-corrected chi connectivity index (χ3v) is 9.08. The summed E-state index contributed by atoms with van der Waals surface area (Å²) in [5, 5.41) is 4.95. The first kappa shape index (κ1) is 22.0. The Morgan fingerprint density at radius 3 is 2.65 bits per heavy atom. The van der Waals surface area contributed by atoms with Crippen LogP contribution in [-0.4, -0.2) is 36.2 Å². The number of hydrogen-bond donors (Lipinski definition) is 1. The highest BCUT2D eigenvalue weighted by atomic mass is 32.2. The van der Waals surface area contributed by atoms with Gasteiger partial charge in [-0.15, -0.1) is 11.3 Å². The smallest absolute Gasteiger partial charge is 0.243 e. The van der Waals surface area contributed by atoms with Gasteiger partial charge in [0.1, 0.15) is 6.04 Å². The Morgan fingerprint density at radius 1 is 1.19 bits per heavy atom. The van der Waals surface area contributed by atoms with Crippen LogP contribution in [0, 0.1) is 13.8 Å². The molecule has 9 heteroatoms. The van der Waals surface area contributed by atoms with E-state index in [1.54, 1.807) is 53.4 Å². The number of anilines is 1. The van der Waals surface area contributed by atoms with Crippen molar-refractivity contribution in [2.45, 2.75) is 46.9 Å². The van der Waals surface area contributed by atoms with Gasteiger partial charge in [-0.1, -0.05) is 30.0 Å². The van der Waals surface area contributed by atoms with E-state index in [-0.39, 0.29) is 10.8 Å². The lowest BCUT2D eigenvalue weighted by Gasteiger charge is -2.23. The van der Waals surface area contributed by atoms with Crippen molar-refractivity contribution in [3.8, 4) is 0 Å². The molecule has 2 heterocycles. The number of aromatic nitrogens is 1. The molecule has 1 aliphatic heterocycles. The van der Waals surface area contributed by atoms with Crippen LogP contribution in [0.1, 0.15) is 24.1 Å². The number of carbonyl (C=O) groups excluding carboxylic acids is 1. The number of rotatable bonds is 6. The van der Waals surface area contributed by atoms with Gasteiger partial charge in [-0.3, -0.25) is 4.79 Å². The molecule has 1 fully saturated rings. The van der Waals surface area contributed by atoms with Crippen molar-refractivity contribution in [2.24, 2.45) is 0 Å². The zero-order valence-corrected chi connectivity index (χ0v) is 19.7. The van der Waals surface area contributed by atoms with E-state index >= 15 is 0 Å². The maximum Gasteiger partial charge on any atom is 0.243 e. The van der Waals surface area contributed by atoms with E-state index in [4.69, 9.17) is 0 Å². The molecule has 31 heavy (non-hydrogen) atoms. The molecule has 2 aromatic carbocycles.